The number of nitrogens with zero attached hydrogens (tertiary/aromatic N) is 1. The molecule has 1 aliphatic rings. The number of hydrazine groups is 1. The number of aliphatic imine (C=N–C) groups is 1. The Kier molecular flexibility index (Phi) is 4.35. The van der Waals surface area contributed by atoms with Gasteiger partial charge in [-0.05, 0) is 23.8 Å². The van der Waals surface area contributed by atoms with E-state index in [0.717, 1.165) is 33.3 Å². The van der Waals surface area contributed by atoms with E-state index in [1.54, 1.807) is 18.9 Å². The van der Waals surface area contributed by atoms with E-state index in [1.807, 2.05) is 42.6 Å². The Labute approximate surface area is 150 Å². The highest BCUT2D eigenvalue weighted by Gasteiger charge is 2.13. The van der Waals surface area contributed by atoms with Crippen LogP contribution >= 0.6 is 11.8 Å². The van der Waals surface area contributed by atoms with E-state index in [2.05, 4.69) is 38.4 Å². The van der Waals surface area contributed by atoms with Crippen LogP contribution in [0.1, 0.15) is 11.1 Å². The van der Waals surface area contributed by atoms with Crippen LogP contribution < -0.4 is 15.6 Å². The fourth-order valence-corrected chi connectivity index (χ4v) is 3.35. The van der Waals surface area contributed by atoms with E-state index in [4.69, 9.17) is 4.74 Å². The van der Waals surface area contributed by atoms with Crippen LogP contribution in [-0.4, -0.2) is 17.3 Å². The third kappa shape index (κ3) is 3.34. The zero-order valence-corrected chi connectivity index (χ0v) is 14.6. The van der Waals surface area contributed by atoms with Gasteiger partial charge in [0.1, 0.15) is 5.75 Å². The number of nitrogens with one attached hydrogen (secondary N) is 3. The van der Waals surface area contributed by atoms with Crippen LogP contribution in [-0.2, 0) is 6.54 Å². The molecule has 3 N–H and O–H groups in total. The smallest absolute Gasteiger partial charge is 0.180 e. The summed E-state index contributed by atoms with van der Waals surface area (Å²) >= 11 is 1.58. The zero-order valence-electron chi connectivity index (χ0n) is 13.7. The lowest BCUT2D eigenvalue weighted by Crippen LogP contribution is -2.36. The molecule has 0 spiro atoms. The third-order valence-electron chi connectivity index (χ3n) is 4.04. The molecule has 4 rings (SSSR count). The lowest BCUT2D eigenvalue weighted by Gasteiger charge is -2.18. The normalized spacial score (nSPS) is 15.6. The summed E-state index contributed by atoms with van der Waals surface area (Å²) < 4.78 is 5.17. The molecule has 0 atom stereocenters. The van der Waals surface area contributed by atoms with Crippen molar-refractivity contribution < 1.29 is 4.74 Å². The summed E-state index contributed by atoms with van der Waals surface area (Å²) in [5, 5.41) is 4.13. The molecule has 126 valence electrons. The number of ether oxygens (including phenoxy) is 1. The number of thioether (sulfide) groups is 1. The van der Waals surface area contributed by atoms with Gasteiger partial charge in [-0.25, -0.2) is 0 Å². The monoisotopic (exact) mass is 350 g/mol. The summed E-state index contributed by atoms with van der Waals surface area (Å²) in [4.78, 5) is 7.89. The highest BCUT2D eigenvalue weighted by Crippen LogP contribution is 2.26. The molecule has 2 heterocycles. The van der Waals surface area contributed by atoms with Crippen LogP contribution in [0.3, 0.4) is 0 Å². The van der Waals surface area contributed by atoms with Crippen LogP contribution in [0.25, 0.3) is 16.6 Å². The van der Waals surface area contributed by atoms with Crippen molar-refractivity contribution in [2.45, 2.75) is 6.54 Å². The van der Waals surface area contributed by atoms with Crippen molar-refractivity contribution in [3.63, 3.8) is 0 Å². The van der Waals surface area contributed by atoms with Gasteiger partial charge in [-0.2, -0.15) is 0 Å². The van der Waals surface area contributed by atoms with Crippen molar-refractivity contribution in [2.75, 3.05) is 7.11 Å². The summed E-state index contributed by atoms with van der Waals surface area (Å²) in [5.41, 5.74) is 10.9. The number of methoxy groups -OCH3 is 1. The Morgan fingerprint density at radius 2 is 1.88 bits per heavy atom. The topological polar surface area (TPSA) is 61.4 Å². The van der Waals surface area contributed by atoms with Crippen molar-refractivity contribution in [2.24, 2.45) is 4.99 Å². The van der Waals surface area contributed by atoms with Gasteiger partial charge < -0.3 is 9.72 Å². The van der Waals surface area contributed by atoms with E-state index < -0.39 is 0 Å². The Hall–Kier alpha value is -2.86. The number of benzene rings is 2. The second kappa shape index (κ2) is 6.94. The summed E-state index contributed by atoms with van der Waals surface area (Å²) in [7, 11) is 1.67. The van der Waals surface area contributed by atoms with Crippen molar-refractivity contribution in [1.82, 2.24) is 15.8 Å². The van der Waals surface area contributed by atoms with E-state index >= 15 is 0 Å². The van der Waals surface area contributed by atoms with Crippen LogP contribution in [0, 0.1) is 0 Å². The molecular formula is C19H18N4OS. The largest absolute Gasteiger partial charge is 0.497 e. The Morgan fingerprint density at radius 1 is 1.04 bits per heavy atom. The van der Waals surface area contributed by atoms with Gasteiger partial charge in [-0.3, -0.25) is 15.8 Å². The Bertz CT molecular complexity index is 943. The number of aromatic amines is 1. The molecule has 5 nitrogen and oxygen atoms in total. The molecule has 1 aliphatic heterocycles. The fourth-order valence-electron chi connectivity index (χ4n) is 2.69. The second-order valence-corrected chi connectivity index (χ2v) is 6.47. The van der Waals surface area contributed by atoms with E-state index in [1.165, 1.54) is 5.39 Å². The van der Waals surface area contributed by atoms with Crippen molar-refractivity contribution in [3.8, 4) is 5.75 Å². The average Bonchev–Trinajstić information content (AvgIpc) is 3.11. The van der Waals surface area contributed by atoms with Crippen molar-refractivity contribution in [3.05, 3.63) is 71.3 Å². The predicted molar refractivity (Wildman–Crippen MR) is 104 cm³/mol. The van der Waals surface area contributed by atoms with Gasteiger partial charge >= 0.3 is 0 Å². The van der Waals surface area contributed by atoms with Crippen LogP contribution in [0.15, 0.2) is 65.1 Å². The molecular weight excluding hydrogens is 332 g/mol. The summed E-state index contributed by atoms with van der Waals surface area (Å²) in [6, 6.07) is 16.2. The summed E-state index contributed by atoms with van der Waals surface area (Å²) in [6.45, 7) is 0.622. The first-order valence-corrected chi connectivity index (χ1v) is 8.84. The fraction of sp³-hybridized carbons (Fsp3) is 0.105. The molecule has 3 aromatic rings. The minimum Gasteiger partial charge on any atom is -0.497 e. The SMILES string of the molecule is COc1ccc(CN=C2NNC(c3c[nH]c4ccccc34)=CS2)cc1. The molecule has 0 saturated carbocycles. The number of hydrogen-bond acceptors (Lipinski definition) is 4. The Balaban J connectivity index is 1.46. The number of fused-ring (bicyclic) bond motifs is 1. The lowest BCUT2D eigenvalue weighted by atomic mass is 10.1. The first kappa shape index (κ1) is 15.7. The standard InChI is InChI=1S/C19H18N4OS/c1-24-14-8-6-13(7-9-14)10-21-19-23-22-18(12-25-19)16-11-20-17-5-3-2-4-15(16)17/h2-9,11-12,20,22H,10H2,1H3,(H,21,23). The van der Waals surface area contributed by atoms with Gasteiger partial charge in [-0.15, -0.1) is 0 Å². The molecule has 2 aromatic carbocycles. The maximum absolute atomic E-state index is 5.17. The van der Waals surface area contributed by atoms with Crippen LogP contribution in [0.5, 0.6) is 5.75 Å². The highest BCUT2D eigenvalue weighted by molar-refractivity contribution is 8.16. The average molecular weight is 350 g/mol. The minimum atomic E-state index is 0.622. The number of hydrogen-bond donors (Lipinski definition) is 3. The second-order valence-electron chi connectivity index (χ2n) is 5.62. The van der Waals surface area contributed by atoms with Crippen LogP contribution in [0.2, 0.25) is 0 Å². The number of para-hydroxylation sites is 1. The first-order valence-electron chi connectivity index (χ1n) is 7.96. The maximum atomic E-state index is 5.17. The van der Waals surface area contributed by atoms with Gasteiger partial charge in [0.25, 0.3) is 0 Å². The van der Waals surface area contributed by atoms with Crippen molar-refractivity contribution in [1.29, 1.82) is 0 Å². The first-order chi connectivity index (χ1) is 12.3. The number of H-pyrrole nitrogens is 1. The van der Waals surface area contributed by atoms with Gasteiger partial charge in [0, 0.05) is 28.1 Å². The number of rotatable bonds is 4. The van der Waals surface area contributed by atoms with E-state index in [0.29, 0.717) is 6.54 Å². The van der Waals surface area contributed by atoms with E-state index in [-0.39, 0.29) is 0 Å². The third-order valence-corrected chi connectivity index (χ3v) is 4.84. The van der Waals surface area contributed by atoms with Gasteiger partial charge in [-0.1, -0.05) is 42.1 Å². The molecule has 1 aromatic heterocycles. The quantitative estimate of drug-likeness (QED) is 0.668. The minimum absolute atomic E-state index is 0.622. The van der Waals surface area contributed by atoms with Crippen molar-refractivity contribution >= 4 is 33.5 Å². The molecule has 0 fully saturated rings. The highest BCUT2D eigenvalue weighted by atomic mass is 32.2. The molecule has 0 bridgehead atoms. The molecule has 0 unspecified atom stereocenters. The van der Waals surface area contributed by atoms with Crippen LogP contribution in [0.4, 0.5) is 0 Å². The molecule has 0 aliphatic carbocycles. The molecule has 0 radical (unpaired) electrons. The lowest BCUT2D eigenvalue weighted by molar-refractivity contribution is 0.414. The predicted octanol–water partition coefficient (Wildman–Crippen LogP) is 3.87. The number of aromatic nitrogens is 1. The molecule has 25 heavy (non-hydrogen) atoms. The van der Waals surface area contributed by atoms with Gasteiger partial charge in [0.05, 0.1) is 19.4 Å². The molecule has 0 amide bonds. The molecule has 0 saturated heterocycles. The van der Waals surface area contributed by atoms with Gasteiger partial charge in [0.15, 0.2) is 5.17 Å². The molecule has 6 heteroatoms. The summed E-state index contributed by atoms with van der Waals surface area (Å²) in [5.74, 6) is 0.856. The van der Waals surface area contributed by atoms with Gasteiger partial charge in [0.2, 0.25) is 0 Å². The summed E-state index contributed by atoms with van der Waals surface area (Å²) in [6.07, 6.45) is 2.02. The Morgan fingerprint density at radius 3 is 2.64 bits per heavy atom. The number of amidine groups is 1. The maximum Gasteiger partial charge on any atom is 0.180 e. The van der Waals surface area contributed by atoms with E-state index in [9.17, 15) is 0 Å². The zero-order chi connectivity index (χ0) is 17.1.